The van der Waals surface area contributed by atoms with Crippen LogP contribution in [0.1, 0.15) is 12.5 Å². The fourth-order valence-corrected chi connectivity index (χ4v) is 1.31. The van der Waals surface area contributed by atoms with Crippen molar-refractivity contribution in [2.45, 2.75) is 19.6 Å². The smallest absolute Gasteiger partial charge is 0.390 e. The van der Waals surface area contributed by atoms with Crippen LogP contribution >= 0.6 is 0 Å². The predicted octanol–water partition coefficient (Wildman–Crippen LogP) is 1.57. The van der Waals surface area contributed by atoms with Crippen molar-refractivity contribution >= 4 is 5.97 Å². The molecule has 0 radical (unpaired) electrons. The molecule has 4 nitrogen and oxygen atoms in total. The molecule has 0 fully saturated rings. The molecular formula is C10H10O4. The van der Waals surface area contributed by atoms with Crippen molar-refractivity contribution in [2.24, 2.45) is 0 Å². The summed E-state index contributed by atoms with van der Waals surface area (Å²) in [7, 11) is 0. The van der Waals surface area contributed by atoms with E-state index >= 15 is 0 Å². The van der Waals surface area contributed by atoms with E-state index in [1.54, 1.807) is 12.1 Å². The Hall–Kier alpha value is -1.71. The van der Waals surface area contributed by atoms with Crippen molar-refractivity contribution in [1.29, 1.82) is 0 Å². The van der Waals surface area contributed by atoms with Crippen LogP contribution in [0.5, 0.6) is 11.5 Å². The summed E-state index contributed by atoms with van der Waals surface area (Å²) >= 11 is 0. The van der Waals surface area contributed by atoms with Crippen molar-refractivity contribution in [2.75, 3.05) is 0 Å². The SMILES string of the molecule is Cc1ccc2c(c1)OC(C)(C(=O)O)O2. The average molecular weight is 194 g/mol. The van der Waals surface area contributed by atoms with Crippen LogP contribution < -0.4 is 9.47 Å². The Bertz CT molecular complexity index is 399. The van der Waals surface area contributed by atoms with Crippen LogP contribution in [0.25, 0.3) is 0 Å². The summed E-state index contributed by atoms with van der Waals surface area (Å²) in [4.78, 5) is 10.8. The van der Waals surface area contributed by atoms with E-state index < -0.39 is 11.8 Å². The summed E-state index contributed by atoms with van der Waals surface area (Å²) in [5.41, 5.74) is 1.00. The van der Waals surface area contributed by atoms with Crippen molar-refractivity contribution in [3.8, 4) is 11.5 Å². The highest BCUT2D eigenvalue weighted by Gasteiger charge is 2.44. The van der Waals surface area contributed by atoms with E-state index in [-0.39, 0.29) is 0 Å². The van der Waals surface area contributed by atoms with Crippen LogP contribution in [0.2, 0.25) is 0 Å². The third-order valence-electron chi connectivity index (χ3n) is 2.10. The number of carbonyl (C=O) groups is 1. The van der Waals surface area contributed by atoms with E-state index in [1.165, 1.54) is 6.92 Å². The van der Waals surface area contributed by atoms with Gasteiger partial charge in [-0.05, 0) is 24.6 Å². The topological polar surface area (TPSA) is 55.8 Å². The fourth-order valence-electron chi connectivity index (χ4n) is 1.31. The van der Waals surface area contributed by atoms with Gasteiger partial charge >= 0.3 is 11.8 Å². The van der Waals surface area contributed by atoms with Crippen molar-refractivity contribution in [1.82, 2.24) is 0 Å². The second-order valence-electron chi connectivity index (χ2n) is 3.41. The van der Waals surface area contributed by atoms with Crippen LogP contribution in [0.4, 0.5) is 0 Å². The number of aryl methyl sites for hydroxylation is 1. The van der Waals surface area contributed by atoms with Gasteiger partial charge in [0.1, 0.15) is 0 Å². The lowest BCUT2D eigenvalue weighted by Gasteiger charge is -2.16. The first-order valence-corrected chi connectivity index (χ1v) is 4.23. The molecule has 0 saturated carbocycles. The Balaban J connectivity index is 2.39. The minimum Gasteiger partial charge on any atom is -0.475 e. The lowest BCUT2D eigenvalue weighted by Crippen LogP contribution is -2.43. The van der Waals surface area contributed by atoms with Gasteiger partial charge in [0.2, 0.25) is 0 Å². The van der Waals surface area contributed by atoms with Crippen LogP contribution in [0.15, 0.2) is 18.2 Å². The Kier molecular flexibility index (Phi) is 1.67. The lowest BCUT2D eigenvalue weighted by molar-refractivity contribution is -0.173. The zero-order valence-corrected chi connectivity index (χ0v) is 7.90. The highest BCUT2D eigenvalue weighted by atomic mass is 16.7. The number of aliphatic carboxylic acids is 1. The first-order chi connectivity index (χ1) is 6.51. The maximum absolute atomic E-state index is 10.8. The maximum Gasteiger partial charge on any atom is 0.390 e. The van der Waals surface area contributed by atoms with Gasteiger partial charge in [-0.25, -0.2) is 4.79 Å². The van der Waals surface area contributed by atoms with Gasteiger partial charge in [0.15, 0.2) is 11.5 Å². The number of fused-ring (bicyclic) bond motifs is 1. The molecule has 4 heteroatoms. The molecule has 1 aliphatic rings. The maximum atomic E-state index is 10.8. The van der Waals surface area contributed by atoms with E-state index in [4.69, 9.17) is 14.6 Å². The number of hydrogen-bond acceptors (Lipinski definition) is 3. The highest BCUT2D eigenvalue weighted by molar-refractivity contribution is 5.77. The lowest BCUT2D eigenvalue weighted by atomic mass is 10.2. The van der Waals surface area contributed by atoms with Crippen molar-refractivity contribution < 1.29 is 19.4 Å². The molecule has 74 valence electrons. The van der Waals surface area contributed by atoms with E-state index in [2.05, 4.69) is 0 Å². The molecule has 0 amide bonds. The van der Waals surface area contributed by atoms with E-state index in [9.17, 15) is 4.79 Å². The number of rotatable bonds is 1. The summed E-state index contributed by atoms with van der Waals surface area (Å²) in [5.74, 6) is -1.77. The van der Waals surface area contributed by atoms with E-state index in [0.717, 1.165) is 5.56 Å². The molecule has 1 aliphatic heterocycles. The molecule has 1 aromatic rings. The van der Waals surface area contributed by atoms with Crippen LogP contribution in [0, 0.1) is 6.92 Å². The molecule has 0 aliphatic carbocycles. The molecule has 0 bridgehead atoms. The number of benzene rings is 1. The monoisotopic (exact) mass is 194 g/mol. The molecule has 1 unspecified atom stereocenters. The molecule has 1 atom stereocenters. The highest BCUT2D eigenvalue weighted by Crippen LogP contribution is 2.39. The van der Waals surface area contributed by atoms with E-state index in [0.29, 0.717) is 11.5 Å². The fraction of sp³-hybridized carbons (Fsp3) is 0.300. The van der Waals surface area contributed by atoms with Gasteiger partial charge in [-0.1, -0.05) is 6.07 Å². The van der Waals surface area contributed by atoms with Gasteiger partial charge in [-0.15, -0.1) is 0 Å². The number of hydrogen-bond donors (Lipinski definition) is 1. The van der Waals surface area contributed by atoms with Gasteiger partial charge in [0.05, 0.1) is 0 Å². The zero-order valence-electron chi connectivity index (χ0n) is 7.90. The molecule has 14 heavy (non-hydrogen) atoms. The molecule has 0 aromatic heterocycles. The Morgan fingerprint density at radius 2 is 2.00 bits per heavy atom. The summed E-state index contributed by atoms with van der Waals surface area (Å²) < 4.78 is 10.4. The van der Waals surface area contributed by atoms with Gasteiger partial charge in [-0.2, -0.15) is 0 Å². The zero-order chi connectivity index (χ0) is 10.3. The molecule has 0 saturated heterocycles. The van der Waals surface area contributed by atoms with Gasteiger partial charge < -0.3 is 14.6 Å². The minimum absolute atomic E-state index is 0.473. The Labute approximate surface area is 81.1 Å². The molecular weight excluding hydrogens is 184 g/mol. The first-order valence-electron chi connectivity index (χ1n) is 4.23. The van der Waals surface area contributed by atoms with Gasteiger partial charge in [0, 0.05) is 6.92 Å². The van der Waals surface area contributed by atoms with Crippen molar-refractivity contribution in [3.05, 3.63) is 23.8 Å². The summed E-state index contributed by atoms with van der Waals surface area (Å²) in [6, 6.07) is 5.30. The van der Waals surface area contributed by atoms with Crippen molar-refractivity contribution in [3.63, 3.8) is 0 Å². The molecule has 1 N–H and O–H groups in total. The second-order valence-corrected chi connectivity index (χ2v) is 3.41. The van der Waals surface area contributed by atoms with Crippen LogP contribution in [-0.4, -0.2) is 16.9 Å². The van der Waals surface area contributed by atoms with Crippen LogP contribution in [-0.2, 0) is 4.79 Å². The third kappa shape index (κ3) is 1.19. The third-order valence-corrected chi connectivity index (χ3v) is 2.10. The quantitative estimate of drug-likeness (QED) is 0.737. The molecule has 2 rings (SSSR count). The van der Waals surface area contributed by atoms with E-state index in [1.807, 2.05) is 13.0 Å². The Morgan fingerprint density at radius 1 is 1.36 bits per heavy atom. The van der Waals surface area contributed by atoms with Gasteiger partial charge in [-0.3, -0.25) is 0 Å². The summed E-state index contributed by atoms with van der Waals surface area (Å²) in [5, 5.41) is 8.86. The second kappa shape index (κ2) is 2.64. The van der Waals surface area contributed by atoms with Crippen LogP contribution in [0.3, 0.4) is 0 Å². The largest absolute Gasteiger partial charge is 0.475 e. The number of carboxylic acid groups (broad SMARTS) is 1. The Morgan fingerprint density at radius 3 is 2.64 bits per heavy atom. The normalized spacial score (nSPS) is 23.6. The average Bonchev–Trinajstić information content (AvgIpc) is 2.42. The first kappa shape index (κ1) is 8.87. The number of carboxylic acids is 1. The summed E-state index contributed by atoms with van der Waals surface area (Å²) in [6.45, 7) is 3.28. The number of ether oxygens (including phenoxy) is 2. The molecule has 1 aromatic carbocycles. The standard InChI is InChI=1S/C10H10O4/c1-6-3-4-7-8(5-6)14-10(2,13-7)9(11)12/h3-5H,1-2H3,(H,11,12). The predicted molar refractivity (Wildman–Crippen MR) is 48.5 cm³/mol. The molecule has 0 spiro atoms. The summed E-state index contributed by atoms with van der Waals surface area (Å²) in [6.07, 6.45) is 0. The minimum atomic E-state index is -1.59. The van der Waals surface area contributed by atoms with Gasteiger partial charge in [0.25, 0.3) is 0 Å². The molecule has 1 heterocycles.